The molecular formula is C16H29N3O2. The lowest BCUT2D eigenvalue weighted by molar-refractivity contribution is -0.135. The third kappa shape index (κ3) is 4.43. The van der Waals surface area contributed by atoms with Gasteiger partial charge in [0, 0.05) is 37.0 Å². The number of piperidine rings is 2. The van der Waals surface area contributed by atoms with E-state index in [1.807, 2.05) is 18.7 Å². The van der Waals surface area contributed by atoms with Crippen LogP contribution >= 0.6 is 0 Å². The molecule has 2 heterocycles. The predicted molar refractivity (Wildman–Crippen MR) is 82.8 cm³/mol. The molecule has 0 bridgehead atoms. The van der Waals surface area contributed by atoms with Crippen molar-refractivity contribution in [3.05, 3.63) is 0 Å². The van der Waals surface area contributed by atoms with Crippen molar-refractivity contribution in [2.24, 2.45) is 11.8 Å². The Bertz CT molecular complexity index is 376. The molecule has 5 nitrogen and oxygen atoms in total. The minimum atomic E-state index is 0.0624. The van der Waals surface area contributed by atoms with Crippen LogP contribution in [0.5, 0.6) is 0 Å². The summed E-state index contributed by atoms with van der Waals surface area (Å²) in [5.74, 6) is 0.646. The van der Waals surface area contributed by atoms with E-state index in [1.54, 1.807) is 0 Å². The number of nitrogens with zero attached hydrogens (tertiary/aromatic N) is 1. The number of carbonyl (C=O) groups excluding carboxylic acids is 2. The molecule has 2 fully saturated rings. The third-order valence-electron chi connectivity index (χ3n) is 4.64. The molecule has 2 saturated heterocycles. The topological polar surface area (TPSA) is 61.4 Å². The van der Waals surface area contributed by atoms with E-state index in [-0.39, 0.29) is 29.7 Å². The third-order valence-corrected chi connectivity index (χ3v) is 4.64. The minimum Gasteiger partial charge on any atom is -0.353 e. The minimum absolute atomic E-state index is 0.0624. The lowest BCUT2D eigenvalue weighted by Gasteiger charge is -2.35. The van der Waals surface area contributed by atoms with Gasteiger partial charge in [-0.3, -0.25) is 9.59 Å². The molecule has 2 atom stereocenters. The second-order valence-corrected chi connectivity index (χ2v) is 6.84. The van der Waals surface area contributed by atoms with Crippen LogP contribution in [0.15, 0.2) is 0 Å². The van der Waals surface area contributed by atoms with Crippen LogP contribution in [-0.2, 0) is 9.59 Å². The van der Waals surface area contributed by atoms with Crippen molar-refractivity contribution in [3.8, 4) is 0 Å². The van der Waals surface area contributed by atoms with E-state index >= 15 is 0 Å². The summed E-state index contributed by atoms with van der Waals surface area (Å²) in [4.78, 5) is 26.2. The second kappa shape index (κ2) is 7.25. The highest BCUT2D eigenvalue weighted by Crippen LogP contribution is 2.18. The smallest absolute Gasteiger partial charge is 0.225 e. The molecule has 2 unspecified atom stereocenters. The monoisotopic (exact) mass is 295 g/mol. The lowest BCUT2D eigenvalue weighted by Crippen LogP contribution is -2.50. The van der Waals surface area contributed by atoms with Gasteiger partial charge in [0.1, 0.15) is 0 Å². The quantitative estimate of drug-likeness (QED) is 0.821. The van der Waals surface area contributed by atoms with Gasteiger partial charge in [0.15, 0.2) is 0 Å². The Morgan fingerprint density at radius 1 is 1.19 bits per heavy atom. The summed E-state index contributed by atoms with van der Waals surface area (Å²) in [6.45, 7) is 8.48. The van der Waals surface area contributed by atoms with Gasteiger partial charge >= 0.3 is 0 Å². The summed E-state index contributed by atoms with van der Waals surface area (Å²) >= 11 is 0. The van der Waals surface area contributed by atoms with Gasteiger partial charge in [-0.2, -0.15) is 0 Å². The molecule has 0 saturated carbocycles. The summed E-state index contributed by atoms with van der Waals surface area (Å²) < 4.78 is 0. The molecule has 120 valence electrons. The fraction of sp³-hybridized carbons (Fsp3) is 0.875. The molecule has 0 spiro atoms. The molecule has 2 rings (SSSR count). The SMILES string of the molecule is CC1CC(C(=O)NC2CCN(C(=O)C(C)C)CC2)CCN1. The fourth-order valence-electron chi connectivity index (χ4n) is 3.30. The van der Waals surface area contributed by atoms with Crippen LogP contribution in [0.1, 0.15) is 46.5 Å². The molecule has 2 aliphatic heterocycles. The Kier molecular flexibility index (Phi) is 5.62. The molecule has 0 aromatic rings. The van der Waals surface area contributed by atoms with Crippen LogP contribution in [0.2, 0.25) is 0 Å². The molecule has 21 heavy (non-hydrogen) atoms. The predicted octanol–water partition coefficient (Wildman–Crippen LogP) is 1.14. The number of amides is 2. The van der Waals surface area contributed by atoms with E-state index in [9.17, 15) is 9.59 Å². The van der Waals surface area contributed by atoms with Gasteiger partial charge in [-0.25, -0.2) is 0 Å². The van der Waals surface area contributed by atoms with E-state index < -0.39 is 0 Å². The normalized spacial score (nSPS) is 27.7. The van der Waals surface area contributed by atoms with Crippen molar-refractivity contribution in [2.75, 3.05) is 19.6 Å². The molecule has 5 heteroatoms. The van der Waals surface area contributed by atoms with Gasteiger partial charge in [0.05, 0.1) is 0 Å². The first kappa shape index (κ1) is 16.3. The van der Waals surface area contributed by atoms with Gasteiger partial charge in [0.25, 0.3) is 0 Å². The molecule has 2 aliphatic rings. The van der Waals surface area contributed by atoms with Gasteiger partial charge in [0.2, 0.25) is 11.8 Å². The summed E-state index contributed by atoms with van der Waals surface area (Å²) in [6, 6.07) is 0.666. The largest absolute Gasteiger partial charge is 0.353 e. The number of carbonyl (C=O) groups is 2. The number of hydrogen-bond acceptors (Lipinski definition) is 3. The average molecular weight is 295 g/mol. The van der Waals surface area contributed by atoms with Crippen molar-refractivity contribution in [3.63, 3.8) is 0 Å². The first-order valence-electron chi connectivity index (χ1n) is 8.30. The number of rotatable bonds is 3. The van der Waals surface area contributed by atoms with Crippen LogP contribution in [0.25, 0.3) is 0 Å². The van der Waals surface area contributed by atoms with Gasteiger partial charge in [-0.05, 0) is 39.2 Å². The summed E-state index contributed by atoms with van der Waals surface area (Å²) in [5, 5.41) is 6.57. The zero-order chi connectivity index (χ0) is 15.4. The number of likely N-dealkylation sites (tertiary alicyclic amines) is 1. The fourth-order valence-corrected chi connectivity index (χ4v) is 3.30. The first-order valence-corrected chi connectivity index (χ1v) is 8.30. The van der Waals surface area contributed by atoms with Crippen molar-refractivity contribution in [2.45, 2.75) is 58.5 Å². The van der Waals surface area contributed by atoms with Crippen LogP contribution in [0.3, 0.4) is 0 Å². The van der Waals surface area contributed by atoms with Crippen molar-refractivity contribution in [1.82, 2.24) is 15.5 Å². The van der Waals surface area contributed by atoms with E-state index in [1.165, 1.54) is 0 Å². The molecule has 0 aromatic heterocycles. The highest BCUT2D eigenvalue weighted by molar-refractivity contribution is 5.79. The Labute approximate surface area is 127 Å². The van der Waals surface area contributed by atoms with Crippen LogP contribution in [-0.4, -0.2) is 48.4 Å². The Hall–Kier alpha value is -1.10. The van der Waals surface area contributed by atoms with Crippen LogP contribution in [0.4, 0.5) is 0 Å². The van der Waals surface area contributed by atoms with E-state index in [4.69, 9.17) is 0 Å². The van der Waals surface area contributed by atoms with Crippen LogP contribution in [0, 0.1) is 11.8 Å². The Balaban J connectivity index is 1.75. The molecule has 0 aliphatic carbocycles. The standard InChI is InChI=1S/C16H29N3O2/c1-11(2)16(21)19-8-5-14(6-9-19)18-15(20)13-4-7-17-12(3)10-13/h11-14,17H,4-10H2,1-3H3,(H,18,20). The Morgan fingerprint density at radius 3 is 2.43 bits per heavy atom. The van der Waals surface area contributed by atoms with Gasteiger partial charge in [-0.15, -0.1) is 0 Å². The zero-order valence-corrected chi connectivity index (χ0v) is 13.5. The average Bonchev–Trinajstić information content (AvgIpc) is 2.47. The van der Waals surface area contributed by atoms with Crippen molar-refractivity contribution < 1.29 is 9.59 Å². The highest BCUT2D eigenvalue weighted by Gasteiger charge is 2.29. The molecule has 2 amide bonds. The van der Waals surface area contributed by atoms with E-state index in [2.05, 4.69) is 17.6 Å². The highest BCUT2D eigenvalue weighted by atomic mass is 16.2. The van der Waals surface area contributed by atoms with E-state index in [0.29, 0.717) is 6.04 Å². The van der Waals surface area contributed by atoms with Crippen LogP contribution < -0.4 is 10.6 Å². The number of hydrogen-bond donors (Lipinski definition) is 2. The summed E-state index contributed by atoms with van der Waals surface area (Å²) in [5.41, 5.74) is 0. The van der Waals surface area contributed by atoms with Crippen molar-refractivity contribution >= 4 is 11.8 Å². The maximum absolute atomic E-state index is 12.3. The molecular weight excluding hydrogens is 266 g/mol. The second-order valence-electron chi connectivity index (χ2n) is 6.84. The lowest BCUT2D eigenvalue weighted by atomic mass is 9.91. The van der Waals surface area contributed by atoms with Gasteiger partial charge in [-0.1, -0.05) is 13.8 Å². The molecule has 0 aromatic carbocycles. The number of nitrogens with one attached hydrogen (secondary N) is 2. The Morgan fingerprint density at radius 2 is 1.86 bits per heavy atom. The first-order chi connectivity index (χ1) is 9.97. The molecule has 0 radical (unpaired) electrons. The maximum atomic E-state index is 12.3. The summed E-state index contributed by atoms with van der Waals surface area (Å²) in [6.07, 6.45) is 3.62. The maximum Gasteiger partial charge on any atom is 0.225 e. The summed E-state index contributed by atoms with van der Waals surface area (Å²) in [7, 11) is 0. The zero-order valence-electron chi connectivity index (χ0n) is 13.5. The molecule has 2 N–H and O–H groups in total. The van der Waals surface area contributed by atoms with Crippen molar-refractivity contribution in [1.29, 1.82) is 0 Å². The van der Waals surface area contributed by atoms with E-state index in [0.717, 1.165) is 45.3 Å². The van der Waals surface area contributed by atoms with Gasteiger partial charge < -0.3 is 15.5 Å².